The van der Waals surface area contributed by atoms with Gasteiger partial charge in [-0.25, -0.2) is 0 Å². The van der Waals surface area contributed by atoms with Crippen LogP contribution in [0.4, 0.5) is 11.4 Å². The van der Waals surface area contributed by atoms with Crippen LogP contribution < -0.4 is 11.1 Å². The third-order valence-electron chi connectivity index (χ3n) is 3.25. The smallest absolute Gasteiger partial charge is 0.0763 e. The topological polar surface area (TPSA) is 38.0 Å². The van der Waals surface area contributed by atoms with Gasteiger partial charge in [0.15, 0.2) is 0 Å². The van der Waals surface area contributed by atoms with Gasteiger partial charge >= 0.3 is 0 Å². The Balaban J connectivity index is 2.53. The summed E-state index contributed by atoms with van der Waals surface area (Å²) in [4.78, 5) is 0. The zero-order chi connectivity index (χ0) is 13.6. The van der Waals surface area contributed by atoms with Crippen molar-refractivity contribution in [3.8, 4) is 0 Å². The van der Waals surface area contributed by atoms with E-state index in [0.29, 0.717) is 10.7 Å². The Morgan fingerprint density at radius 3 is 2.61 bits per heavy atom. The molecule has 1 rings (SSSR count). The standard InChI is InChI=1S/C15H25ClN2/c1-4-5-6-10-15(2,3)11-18-14-12(16)8-7-9-13(14)17/h7-9,18H,4-6,10-11,17H2,1-3H3. The number of hydrogen-bond donors (Lipinski definition) is 2. The highest BCUT2D eigenvalue weighted by Gasteiger charge is 2.18. The second-order valence-electron chi connectivity index (χ2n) is 5.68. The van der Waals surface area contributed by atoms with Gasteiger partial charge in [-0.1, -0.05) is 57.7 Å². The fourth-order valence-electron chi connectivity index (χ4n) is 2.00. The molecule has 0 aliphatic carbocycles. The van der Waals surface area contributed by atoms with Crippen LogP contribution in [0.3, 0.4) is 0 Å². The zero-order valence-electron chi connectivity index (χ0n) is 11.7. The number of nitrogen functional groups attached to an aromatic ring is 1. The Hall–Kier alpha value is -0.890. The van der Waals surface area contributed by atoms with Gasteiger partial charge in [0.1, 0.15) is 0 Å². The van der Waals surface area contributed by atoms with Gasteiger partial charge in [0, 0.05) is 6.54 Å². The summed E-state index contributed by atoms with van der Waals surface area (Å²) in [6.45, 7) is 7.69. The minimum absolute atomic E-state index is 0.265. The van der Waals surface area contributed by atoms with Gasteiger partial charge < -0.3 is 11.1 Å². The van der Waals surface area contributed by atoms with Crippen LogP contribution in [0.15, 0.2) is 18.2 Å². The quantitative estimate of drug-likeness (QED) is 0.543. The lowest BCUT2D eigenvalue weighted by Crippen LogP contribution is -2.23. The Morgan fingerprint density at radius 1 is 1.28 bits per heavy atom. The lowest BCUT2D eigenvalue weighted by atomic mass is 9.87. The molecule has 2 nitrogen and oxygen atoms in total. The maximum absolute atomic E-state index is 6.14. The Labute approximate surface area is 116 Å². The van der Waals surface area contributed by atoms with Crippen LogP contribution in [0.2, 0.25) is 5.02 Å². The van der Waals surface area contributed by atoms with Crippen LogP contribution in [0.1, 0.15) is 46.5 Å². The minimum atomic E-state index is 0.265. The van der Waals surface area contributed by atoms with Crippen molar-refractivity contribution in [2.45, 2.75) is 46.5 Å². The third-order valence-corrected chi connectivity index (χ3v) is 3.56. The molecule has 0 saturated carbocycles. The van der Waals surface area contributed by atoms with Gasteiger partial charge in [0.25, 0.3) is 0 Å². The summed E-state index contributed by atoms with van der Waals surface area (Å²) in [5.74, 6) is 0. The summed E-state index contributed by atoms with van der Waals surface area (Å²) >= 11 is 6.14. The van der Waals surface area contributed by atoms with Crippen LogP contribution in [-0.2, 0) is 0 Å². The van der Waals surface area contributed by atoms with Gasteiger partial charge in [-0.2, -0.15) is 0 Å². The molecule has 0 saturated heterocycles. The molecule has 0 radical (unpaired) electrons. The van der Waals surface area contributed by atoms with Gasteiger partial charge in [-0.15, -0.1) is 0 Å². The Morgan fingerprint density at radius 2 is 2.00 bits per heavy atom. The van der Waals surface area contributed by atoms with Crippen LogP contribution in [0.5, 0.6) is 0 Å². The van der Waals surface area contributed by atoms with Crippen molar-refractivity contribution in [2.75, 3.05) is 17.6 Å². The number of nitrogens with two attached hydrogens (primary N) is 1. The van der Waals surface area contributed by atoms with Crippen molar-refractivity contribution < 1.29 is 0 Å². The first-order chi connectivity index (χ1) is 8.46. The zero-order valence-corrected chi connectivity index (χ0v) is 12.5. The monoisotopic (exact) mass is 268 g/mol. The molecule has 0 aromatic heterocycles. The SMILES string of the molecule is CCCCCC(C)(C)CNc1c(N)cccc1Cl. The highest BCUT2D eigenvalue weighted by molar-refractivity contribution is 6.33. The lowest BCUT2D eigenvalue weighted by Gasteiger charge is -2.26. The molecular formula is C15H25ClN2. The molecule has 0 heterocycles. The number of benzene rings is 1. The number of rotatable bonds is 7. The Kier molecular flexibility index (Phi) is 5.80. The highest BCUT2D eigenvalue weighted by atomic mass is 35.5. The number of anilines is 2. The second-order valence-corrected chi connectivity index (χ2v) is 6.09. The maximum Gasteiger partial charge on any atom is 0.0763 e. The molecule has 0 aliphatic heterocycles. The van der Waals surface area contributed by atoms with Crippen molar-refractivity contribution in [2.24, 2.45) is 5.41 Å². The van der Waals surface area contributed by atoms with E-state index in [1.165, 1.54) is 25.7 Å². The van der Waals surface area contributed by atoms with Crippen LogP contribution in [0.25, 0.3) is 0 Å². The Bertz CT molecular complexity index is 355. The largest absolute Gasteiger partial charge is 0.397 e. The molecule has 0 spiro atoms. The summed E-state index contributed by atoms with van der Waals surface area (Å²) in [5, 5.41) is 4.09. The van der Waals surface area contributed by atoms with E-state index in [-0.39, 0.29) is 5.41 Å². The van der Waals surface area contributed by atoms with Crippen molar-refractivity contribution in [1.29, 1.82) is 0 Å². The molecule has 3 heteroatoms. The number of unbranched alkanes of at least 4 members (excludes halogenated alkanes) is 2. The maximum atomic E-state index is 6.14. The summed E-state index contributed by atoms with van der Waals surface area (Å²) < 4.78 is 0. The number of halogens is 1. The second kappa shape index (κ2) is 6.89. The van der Waals surface area contributed by atoms with Gasteiger partial charge in [-0.05, 0) is 24.0 Å². The van der Waals surface area contributed by atoms with E-state index in [0.717, 1.165) is 12.2 Å². The van der Waals surface area contributed by atoms with E-state index in [2.05, 4.69) is 26.1 Å². The van der Waals surface area contributed by atoms with E-state index in [1.807, 2.05) is 18.2 Å². The first kappa shape index (κ1) is 15.2. The van der Waals surface area contributed by atoms with E-state index in [1.54, 1.807) is 0 Å². The molecule has 0 unspecified atom stereocenters. The third kappa shape index (κ3) is 4.77. The fraction of sp³-hybridized carbons (Fsp3) is 0.600. The van der Waals surface area contributed by atoms with Gasteiger partial charge in [0.2, 0.25) is 0 Å². The van der Waals surface area contributed by atoms with Crippen molar-refractivity contribution in [3.05, 3.63) is 23.2 Å². The van der Waals surface area contributed by atoms with E-state index in [4.69, 9.17) is 17.3 Å². The van der Waals surface area contributed by atoms with E-state index >= 15 is 0 Å². The number of hydrogen-bond acceptors (Lipinski definition) is 2. The summed E-state index contributed by atoms with van der Waals surface area (Å²) in [5.41, 5.74) is 7.77. The molecule has 18 heavy (non-hydrogen) atoms. The predicted octanol–water partition coefficient (Wildman–Crippen LogP) is 4.94. The van der Waals surface area contributed by atoms with Crippen LogP contribution in [0, 0.1) is 5.41 Å². The molecule has 3 N–H and O–H groups in total. The molecule has 0 atom stereocenters. The van der Waals surface area contributed by atoms with Crippen molar-refractivity contribution in [1.82, 2.24) is 0 Å². The average Bonchev–Trinajstić information content (AvgIpc) is 2.28. The number of para-hydroxylation sites is 1. The normalized spacial score (nSPS) is 11.6. The molecule has 1 aromatic carbocycles. The van der Waals surface area contributed by atoms with Crippen molar-refractivity contribution in [3.63, 3.8) is 0 Å². The molecule has 0 bridgehead atoms. The van der Waals surface area contributed by atoms with Gasteiger partial charge in [-0.3, -0.25) is 0 Å². The average molecular weight is 269 g/mol. The van der Waals surface area contributed by atoms with Crippen LogP contribution in [-0.4, -0.2) is 6.54 Å². The predicted molar refractivity (Wildman–Crippen MR) is 82.3 cm³/mol. The summed E-state index contributed by atoms with van der Waals surface area (Å²) in [7, 11) is 0. The molecule has 0 amide bonds. The van der Waals surface area contributed by atoms with Crippen LogP contribution >= 0.6 is 11.6 Å². The van der Waals surface area contributed by atoms with E-state index < -0.39 is 0 Å². The molecule has 102 valence electrons. The molecular weight excluding hydrogens is 244 g/mol. The fourth-order valence-corrected chi connectivity index (χ4v) is 2.25. The summed E-state index contributed by atoms with van der Waals surface area (Å²) in [6, 6.07) is 5.61. The van der Waals surface area contributed by atoms with Crippen molar-refractivity contribution >= 4 is 23.0 Å². The molecule has 1 aromatic rings. The summed E-state index contributed by atoms with van der Waals surface area (Å²) in [6.07, 6.45) is 5.07. The first-order valence-electron chi connectivity index (χ1n) is 6.74. The molecule has 0 aliphatic rings. The highest BCUT2D eigenvalue weighted by Crippen LogP contribution is 2.30. The van der Waals surface area contributed by atoms with Gasteiger partial charge in [0.05, 0.1) is 16.4 Å². The minimum Gasteiger partial charge on any atom is -0.397 e. The first-order valence-corrected chi connectivity index (χ1v) is 7.12. The van der Waals surface area contributed by atoms with E-state index in [9.17, 15) is 0 Å². The number of nitrogens with one attached hydrogen (secondary N) is 1. The molecule has 0 fully saturated rings. The lowest BCUT2D eigenvalue weighted by molar-refractivity contribution is 0.342.